The van der Waals surface area contributed by atoms with E-state index in [4.69, 9.17) is 9.15 Å². The molecule has 0 saturated carbocycles. The zero-order chi connectivity index (χ0) is 24.0. The van der Waals surface area contributed by atoms with Crippen LogP contribution in [0, 0.1) is 13.8 Å². The summed E-state index contributed by atoms with van der Waals surface area (Å²) in [6, 6.07) is 17.5. The summed E-state index contributed by atoms with van der Waals surface area (Å²) in [7, 11) is 1.62. The molecule has 1 N–H and O–H groups in total. The number of amides is 1. The second-order valence-corrected chi connectivity index (χ2v) is 8.72. The Bertz CT molecular complexity index is 1470. The van der Waals surface area contributed by atoms with Gasteiger partial charge >= 0.3 is 0 Å². The summed E-state index contributed by atoms with van der Waals surface area (Å²) >= 11 is 0. The van der Waals surface area contributed by atoms with Crippen LogP contribution in [0.2, 0.25) is 0 Å². The fourth-order valence-corrected chi connectivity index (χ4v) is 4.83. The van der Waals surface area contributed by atoms with Gasteiger partial charge < -0.3 is 19.2 Å². The number of hydrogen-bond acceptors (Lipinski definition) is 5. The normalized spacial score (nSPS) is 15.1. The smallest absolute Gasteiger partial charge is 0.290 e. The topological polar surface area (TPSA) is 80.0 Å². The van der Waals surface area contributed by atoms with E-state index >= 15 is 0 Å². The van der Waals surface area contributed by atoms with Gasteiger partial charge in [-0.1, -0.05) is 30.3 Å². The van der Waals surface area contributed by atoms with Crippen LogP contribution in [0.25, 0.3) is 11.0 Å². The van der Waals surface area contributed by atoms with E-state index in [-0.39, 0.29) is 22.8 Å². The Morgan fingerprint density at radius 1 is 1.03 bits per heavy atom. The number of rotatable bonds is 5. The van der Waals surface area contributed by atoms with Crippen molar-refractivity contribution in [1.82, 2.24) is 4.90 Å². The van der Waals surface area contributed by atoms with Crippen molar-refractivity contribution < 1.29 is 19.1 Å². The van der Waals surface area contributed by atoms with Crippen molar-refractivity contribution in [2.24, 2.45) is 0 Å². The van der Waals surface area contributed by atoms with E-state index in [0.29, 0.717) is 35.1 Å². The Labute approximate surface area is 197 Å². The summed E-state index contributed by atoms with van der Waals surface area (Å²) in [5, 5.41) is 10.6. The average molecular weight is 456 g/mol. The monoisotopic (exact) mass is 455 g/mol. The zero-order valence-electron chi connectivity index (χ0n) is 19.3. The highest BCUT2D eigenvalue weighted by molar-refractivity contribution is 5.99. The number of phenols is 1. The maximum atomic E-state index is 13.7. The number of nitrogens with zero attached hydrogens (tertiary/aromatic N) is 1. The molecular formula is C28H25NO5. The average Bonchev–Trinajstić information content (AvgIpc) is 3.09. The van der Waals surface area contributed by atoms with Gasteiger partial charge in [-0.15, -0.1) is 0 Å². The van der Waals surface area contributed by atoms with Gasteiger partial charge in [-0.05, 0) is 72.9 Å². The molecule has 0 bridgehead atoms. The minimum atomic E-state index is -0.644. The van der Waals surface area contributed by atoms with Gasteiger partial charge in [0.15, 0.2) is 5.43 Å². The molecule has 3 aromatic carbocycles. The van der Waals surface area contributed by atoms with Crippen molar-refractivity contribution in [3.05, 3.63) is 104 Å². The van der Waals surface area contributed by atoms with Gasteiger partial charge in [0.1, 0.15) is 17.1 Å². The molecule has 1 atom stereocenters. The zero-order valence-corrected chi connectivity index (χ0v) is 19.3. The van der Waals surface area contributed by atoms with Crippen molar-refractivity contribution in [3.63, 3.8) is 0 Å². The molecule has 172 valence electrons. The van der Waals surface area contributed by atoms with Crippen molar-refractivity contribution >= 4 is 16.9 Å². The van der Waals surface area contributed by atoms with Gasteiger partial charge in [0.05, 0.1) is 24.1 Å². The molecule has 0 aliphatic carbocycles. The third kappa shape index (κ3) is 3.61. The highest BCUT2D eigenvalue weighted by atomic mass is 16.5. The Hall–Kier alpha value is -4.06. The minimum absolute atomic E-state index is 0.0745. The summed E-state index contributed by atoms with van der Waals surface area (Å²) in [5.41, 5.74) is 4.01. The van der Waals surface area contributed by atoms with E-state index in [0.717, 1.165) is 22.4 Å². The number of ether oxygens (including phenoxy) is 1. The summed E-state index contributed by atoms with van der Waals surface area (Å²) in [6.45, 7) is 4.18. The largest absolute Gasteiger partial charge is 0.508 e. The Morgan fingerprint density at radius 2 is 1.79 bits per heavy atom. The summed E-state index contributed by atoms with van der Waals surface area (Å²) in [5.74, 6) is 0.587. The molecule has 1 aliphatic rings. The number of aromatic hydroxyl groups is 1. The third-order valence-electron chi connectivity index (χ3n) is 6.40. The van der Waals surface area contributed by atoms with Gasteiger partial charge in [0.2, 0.25) is 5.76 Å². The molecule has 5 rings (SSSR count). The fourth-order valence-electron chi connectivity index (χ4n) is 4.83. The van der Waals surface area contributed by atoms with Crippen LogP contribution in [0.5, 0.6) is 11.5 Å². The lowest BCUT2D eigenvalue weighted by Gasteiger charge is -2.25. The summed E-state index contributed by atoms with van der Waals surface area (Å²) in [6.07, 6.45) is 0.588. The Balaban J connectivity index is 1.63. The number of benzene rings is 3. The van der Waals surface area contributed by atoms with E-state index in [9.17, 15) is 14.7 Å². The molecule has 0 radical (unpaired) electrons. The molecule has 1 aliphatic heterocycles. The van der Waals surface area contributed by atoms with Crippen LogP contribution in [0.4, 0.5) is 0 Å². The maximum absolute atomic E-state index is 13.7. The molecular weight excluding hydrogens is 430 g/mol. The van der Waals surface area contributed by atoms with E-state index in [2.05, 4.69) is 0 Å². The minimum Gasteiger partial charge on any atom is -0.508 e. The number of hydrogen-bond donors (Lipinski definition) is 1. The number of carbonyl (C=O) groups excluding carboxylic acids is 1. The Morgan fingerprint density at radius 3 is 2.50 bits per heavy atom. The predicted molar refractivity (Wildman–Crippen MR) is 130 cm³/mol. The van der Waals surface area contributed by atoms with Crippen molar-refractivity contribution in [2.75, 3.05) is 13.7 Å². The molecule has 0 fully saturated rings. The highest BCUT2D eigenvalue weighted by Gasteiger charge is 2.42. The molecule has 1 aromatic heterocycles. The van der Waals surface area contributed by atoms with Crippen LogP contribution in [0.3, 0.4) is 0 Å². The first kappa shape index (κ1) is 21.8. The summed E-state index contributed by atoms with van der Waals surface area (Å²) < 4.78 is 11.3. The molecule has 2 heterocycles. The quantitative estimate of drug-likeness (QED) is 0.462. The first-order valence-electron chi connectivity index (χ1n) is 11.2. The molecule has 0 spiro atoms. The predicted octanol–water partition coefficient (Wildman–Crippen LogP) is 4.91. The SMILES string of the molecule is COc1ccc(CCN2C(=O)c3oc4cc(C)cc(C)c4c(=O)c3[C@H]2c2cccc(O)c2)cc1. The van der Waals surface area contributed by atoms with Crippen LogP contribution >= 0.6 is 0 Å². The number of carbonyl (C=O) groups is 1. The number of aryl methyl sites for hydroxylation is 2. The molecule has 4 aromatic rings. The molecule has 6 heteroatoms. The lowest BCUT2D eigenvalue weighted by Crippen LogP contribution is -2.31. The van der Waals surface area contributed by atoms with Gasteiger partial charge in [0.25, 0.3) is 5.91 Å². The van der Waals surface area contributed by atoms with E-state index < -0.39 is 6.04 Å². The molecule has 0 unspecified atom stereocenters. The van der Waals surface area contributed by atoms with Crippen molar-refractivity contribution in [1.29, 1.82) is 0 Å². The Kier molecular flexibility index (Phi) is 5.36. The van der Waals surface area contributed by atoms with Crippen molar-refractivity contribution in [2.45, 2.75) is 26.3 Å². The number of fused-ring (bicyclic) bond motifs is 2. The standard InChI is InChI=1S/C28H25NO5/c1-16-13-17(2)23-22(14-16)34-27-24(26(23)31)25(19-5-4-6-20(30)15-19)29(28(27)32)12-11-18-7-9-21(33-3)10-8-18/h4-10,13-15,25,30H,11-12H2,1-3H3/t25-/m1/s1. The van der Waals surface area contributed by atoms with Gasteiger partial charge in [-0.2, -0.15) is 0 Å². The van der Waals surface area contributed by atoms with Gasteiger partial charge in [-0.3, -0.25) is 9.59 Å². The first-order valence-corrected chi connectivity index (χ1v) is 11.2. The third-order valence-corrected chi connectivity index (χ3v) is 6.40. The van der Waals surface area contributed by atoms with Gasteiger partial charge in [0, 0.05) is 6.54 Å². The molecule has 1 amide bonds. The van der Waals surface area contributed by atoms with Crippen LogP contribution in [0.15, 0.2) is 69.9 Å². The fraction of sp³-hybridized carbons (Fsp3) is 0.214. The molecule has 0 saturated heterocycles. The number of methoxy groups -OCH3 is 1. The first-order chi connectivity index (χ1) is 16.4. The second kappa shape index (κ2) is 8.37. The van der Waals surface area contributed by atoms with E-state index in [1.54, 1.807) is 36.3 Å². The second-order valence-electron chi connectivity index (χ2n) is 8.72. The molecule has 6 nitrogen and oxygen atoms in total. The van der Waals surface area contributed by atoms with E-state index in [1.165, 1.54) is 0 Å². The van der Waals surface area contributed by atoms with Crippen LogP contribution in [-0.2, 0) is 6.42 Å². The van der Waals surface area contributed by atoms with Crippen LogP contribution in [-0.4, -0.2) is 29.6 Å². The van der Waals surface area contributed by atoms with Crippen LogP contribution in [0.1, 0.15) is 44.4 Å². The lowest BCUT2D eigenvalue weighted by molar-refractivity contribution is 0.0730. The maximum Gasteiger partial charge on any atom is 0.290 e. The van der Waals surface area contributed by atoms with Crippen LogP contribution < -0.4 is 10.2 Å². The van der Waals surface area contributed by atoms with E-state index in [1.807, 2.05) is 50.2 Å². The van der Waals surface area contributed by atoms with Gasteiger partial charge in [-0.25, -0.2) is 0 Å². The number of phenolic OH excluding ortho intramolecular Hbond substituents is 1. The van der Waals surface area contributed by atoms with Crippen molar-refractivity contribution in [3.8, 4) is 11.5 Å². The summed E-state index contributed by atoms with van der Waals surface area (Å²) in [4.78, 5) is 29.0. The molecule has 34 heavy (non-hydrogen) atoms. The highest BCUT2D eigenvalue weighted by Crippen LogP contribution is 2.39. The lowest BCUT2D eigenvalue weighted by atomic mass is 9.96.